The second-order valence-electron chi connectivity index (χ2n) is 8.05. The maximum atomic E-state index is 13.0. The molecule has 35 heavy (non-hydrogen) atoms. The van der Waals surface area contributed by atoms with Crippen LogP contribution in [0.3, 0.4) is 0 Å². The Morgan fingerprint density at radius 2 is 1.20 bits per heavy atom. The number of rotatable bonds is 5. The number of hydrogen-bond acceptors (Lipinski definition) is 4. The predicted octanol–water partition coefficient (Wildman–Crippen LogP) is 6.25. The third-order valence-electron chi connectivity index (χ3n) is 5.75. The van der Waals surface area contributed by atoms with E-state index in [1.54, 1.807) is 60.7 Å². The van der Waals surface area contributed by atoms with E-state index in [0.717, 1.165) is 11.1 Å². The largest absolute Gasteiger partial charge is 0.423 e. The van der Waals surface area contributed by atoms with Crippen molar-refractivity contribution in [3.8, 4) is 5.75 Å². The number of esters is 1. The first-order valence-electron chi connectivity index (χ1n) is 11.1. The topological polar surface area (TPSA) is 60.4 Å². The molecule has 0 aliphatic heterocycles. The van der Waals surface area contributed by atoms with Crippen LogP contribution in [-0.2, 0) is 4.79 Å². The van der Waals surface area contributed by atoms with Crippen molar-refractivity contribution in [2.24, 2.45) is 0 Å². The monoisotopic (exact) mass is 456 g/mol. The Morgan fingerprint density at radius 1 is 0.571 bits per heavy atom. The minimum absolute atomic E-state index is 0.147. The van der Waals surface area contributed by atoms with E-state index < -0.39 is 5.97 Å². The van der Waals surface area contributed by atoms with Crippen LogP contribution in [0, 0.1) is 0 Å². The Hall–Kier alpha value is -4.83. The second kappa shape index (κ2) is 9.57. The van der Waals surface area contributed by atoms with Gasteiger partial charge in [0.25, 0.3) is 0 Å². The number of carbonyl (C=O) groups excluding carboxylic acids is 3. The van der Waals surface area contributed by atoms with E-state index in [4.69, 9.17) is 4.74 Å². The van der Waals surface area contributed by atoms with Crippen LogP contribution in [0.2, 0.25) is 0 Å². The van der Waals surface area contributed by atoms with Gasteiger partial charge < -0.3 is 4.74 Å². The van der Waals surface area contributed by atoms with Gasteiger partial charge in [-0.25, -0.2) is 4.79 Å². The molecule has 0 amide bonds. The average Bonchev–Trinajstić information content (AvgIpc) is 2.90. The fourth-order valence-electron chi connectivity index (χ4n) is 3.99. The van der Waals surface area contributed by atoms with E-state index in [9.17, 15) is 14.4 Å². The first-order valence-corrected chi connectivity index (χ1v) is 11.1. The third-order valence-corrected chi connectivity index (χ3v) is 5.75. The quantitative estimate of drug-likeness (QED) is 0.136. The Kier molecular flexibility index (Phi) is 6.01. The molecule has 168 valence electrons. The molecule has 0 heterocycles. The molecule has 0 N–H and O–H groups in total. The molecule has 0 aromatic heterocycles. The lowest BCUT2D eigenvalue weighted by Crippen LogP contribution is -2.20. The summed E-state index contributed by atoms with van der Waals surface area (Å²) in [6, 6.07) is 28.8. The van der Waals surface area contributed by atoms with Gasteiger partial charge in [-0.1, -0.05) is 91.0 Å². The van der Waals surface area contributed by atoms with Crippen LogP contribution in [-0.4, -0.2) is 17.5 Å². The molecule has 0 saturated heterocycles. The molecule has 4 heteroatoms. The summed E-state index contributed by atoms with van der Waals surface area (Å²) in [5.74, 6) is -0.368. The lowest BCUT2D eigenvalue weighted by atomic mass is 9.83. The van der Waals surface area contributed by atoms with E-state index in [2.05, 4.69) is 0 Å². The normalized spacial score (nSPS) is 12.6. The molecular formula is C31H20O4. The SMILES string of the molecule is O=C(/C=C/c1ccccc1)Oc1ccccc1/C=C\c1ccc2c(c1)C(=O)c1ccccc1C2=O. The molecule has 1 aliphatic carbocycles. The molecule has 0 spiro atoms. The minimum atomic E-state index is -0.480. The summed E-state index contributed by atoms with van der Waals surface area (Å²) >= 11 is 0. The highest BCUT2D eigenvalue weighted by molar-refractivity contribution is 6.28. The van der Waals surface area contributed by atoms with Gasteiger partial charge in [-0.3, -0.25) is 9.59 Å². The highest BCUT2D eigenvalue weighted by Gasteiger charge is 2.29. The molecule has 4 aromatic rings. The van der Waals surface area contributed by atoms with Gasteiger partial charge in [0, 0.05) is 33.9 Å². The van der Waals surface area contributed by atoms with Crippen molar-refractivity contribution in [3.05, 3.63) is 142 Å². The summed E-state index contributed by atoms with van der Waals surface area (Å²) in [6.07, 6.45) is 6.73. The van der Waals surface area contributed by atoms with Gasteiger partial charge in [-0.05, 0) is 35.4 Å². The van der Waals surface area contributed by atoms with Crippen LogP contribution in [0.15, 0.2) is 103 Å². The number of benzene rings is 4. The van der Waals surface area contributed by atoms with Crippen LogP contribution < -0.4 is 4.74 Å². The number of ketones is 2. The molecule has 1 aliphatic rings. The van der Waals surface area contributed by atoms with E-state index in [-0.39, 0.29) is 11.6 Å². The molecule has 0 radical (unpaired) electrons. The average molecular weight is 456 g/mol. The molecular weight excluding hydrogens is 436 g/mol. The number of hydrogen-bond donors (Lipinski definition) is 0. The molecule has 0 bridgehead atoms. The summed E-state index contributed by atoms with van der Waals surface area (Å²) in [7, 11) is 0. The zero-order valence-electron chi connectivity index (χ0n) is 18.7. The van der Waals surface area contributed by atoms with Gasteiger partial charge >= 0.3 is 5.97 Å². The maximum absolute atomic E-state index is 13.0. The van der Waals surface area contributed by atoms with Gasteiger partial charge in [-0.15, -0.1) is 0 Å². The van der Waals surface area contributed by atoms with E-state index in [1.807, 2.05) is 54.6 Å². The van der Waals surface area contributed by atoms with Gasteiger partial charge in [0.15, 0.2) is 11.6 Å². The number of fused-ring (bicyclic) bond motifs is 2. The smallest absolute Gasteiger partial charge is 0.336 e. The van der Waals surface area contributed by atoms with E-state index in [1.165, 1.54) is 6.08 Å². The van der Waals surface area contributed by atoms with Crippen molar-refractivity contribution >= 4 is 35.8 Å². The zero-order valence-corrected chi connectivity index (χ0v) is 18.7. The van der Waals surface area contributed by atoms with Crippen LogP contribution in [0.25, 0.3) is 18.2 Å². The third kappa shape index (κ3) is 4.63. The molecule has 0 atom stereocenters. The fourth-order valence-corrected chi connectivity index (χ4v) is 3.99. The van der Waals surface area contributed by atoms with Crippen molar-refractivity contribution in [2.45, 2.75) is 0 Å². The lowest BCUT2D eigenvalue weighted by Gasteiger charge is -2.17. The Bertz CT molecular complexity index is 1510. The Balaban J connectivity index is 1.37. The summed E-state index contributed by atoms with van der Waals surface area (Å²) in [5.41, 5.74) is 4.03. The Morgan fingerprint density at radius 3 is 1.97 bits per heavy atom. The zero-order chi connectivity index (χ0) is 24.2. The maximum Gasteiger partial charge on any atom is 0.336 e. The fraction of sp³-hybridized carbons (Fsp3) is 0. The molecule has 0 saturated carbocycles. The van der Waals surface area contributed by atoms with Gasteiger partial charge in [0.05, 0.1) is 0 Å². The van der Waals surface area contributed by atoms with E-state index in [0.29, 0.717) is 33.6 Å². The summed E-state index contributed by atoms with van der Waals surface area (Å²) in [6.45, 7) is 0. The summed E-state index contributed by atoms with van der Waals surface area (Å²) < 4.78 is 5.54. The molecule has 5 rings (SSSR count). The molecule has 4 aromatic carbocycles. The predicted molar refractivity (Wildman–Crippen MR) is 136 cm³/mol. The number of carbonyl (C=O) groups is 3. The first-order chi connectivity index (χ1) is 17.1. The standard InChI is InChI=1S/C31H20O4/c32-29(19-16-21-8-2-1-3-9-21)35-28-13-7-4-10-23(28)17-14-22-15-18-26-27(20-22)31(34)25-12-6-5-11-24(25)30(26)33/h1-20H/b17-14-,19-16+. The highest BCUT2D eigenvalue weighted by atomic mass is 16.5. The Labute approximate surface area is 202 Å². The summed E-state index contributed by atoms with van der Waals surface area (Å²) in [4.78, 5) is 38.1. The van der Waals surface area contributed by atoms with Crippen molar-refractivity contribution in [2.75, 3.05) is 0 Å². The van der Waals surface area contributed by atoms with Gasteiger partial charge in [0.2, 0.25) is 0 Å². The molecule has 0 unspecified atom stereocenters. The van der Waals surface area contributed by atoms with Crippen molar-refractivity contribution in [1.82, 2.24) is 0 Å². The first kappa shape index (κ1) is 22.0. The molecule has 0 fully saturated rings. The lowest BCUT2D eigenvalue weighted by molar-refractivity contribution is -0.128. The van der Waals surface area contributed by atoms with Gasteiger partial charge in [-0.2, -0.15) is 0 Å². The number of para-hydroxylation sites is 1. The van der Waals surface area contributed by atoms with Crippen molar-refractivity contribution in [3.63, 3.8) is 0 Å². The van der Waals surface area contributed by atoms with Crippen molar-refractivity contribution in [1.29, 1.82) is 0 Å². The van der Waals surface area contributed by atoms with E-state index >= 15 is 0 Å². The van der Waals surface area contributed by atoms with Crippen LogP contribution in [0.5, 0.6) is 5.75 Å². The minimum Gasteiger partial charge on any atom is -0.423 e. The second-order valence-corrected chi connectivity index (χ2v) is 8.05. The highest BCUT2D eigenvalue weighted by Crippen LogP contribution is 2.29. The van der Waals surface area contributed by atoms with Crippen molar-refractivity contribution < 1.29 is 19.1 Å². The number of ether oxygens (including phenoxy) is 1. The van der Waals surface area contributed by atoms with Gasteiger partial charge in [0.1, 0.15) is 5.75 Å². The van der Waals surface area contributed by atoms with Crippen LogP contribution in [0.1, 0.15) is 48.5 Å². The summed E-state index contributed by atoms with van der Waals surface area (Å²) in [5, 5.41) is 0. The van der Waals surface area contributed by atoms with Crippen LogP contribution in [0.4, 0.5) is 0 Å². The molecule has 4 nitrogen and oxygen atoms in total. The van der Waals surface area contributed by atoms with Crippen LogP contribution >= 0.6 is 0 Å².